The fourth-order valence-corrected chi connectivity index (χ4v) is 5.44. The van der Waals surface area contributed by atoms with Crippen molar-refractivity contribution in [1.29, 1.82) is 0 Å². The molecule has 0 amide bonds. The van der Waals surface area contributed by atoms with Crippen molar-refractivity contribution in [3.63, 3.8) is 0 Å². The van der Waals surface area contributed by atoms with Gasteiger partial charge in [-0.25, -0.2) is 9.83 Å². The molecule has 1 aliphatic rings. The Morgan fingerprint density at radius 3 is 2.72 bits per heavy atom. The Morgan fingerprint density at radius 1 is 1.03 bits per heavy atom. The first-order valence-corrected chi connectivity index (χ1v) is 10.5. The normalized spacial score (nSPS) is 13.8. The number of fused-ring (bicyclic) bond motifs is 6. The summed E-state index contributed by atoms with van der Waals surface area (Å²) in [6, 6.07) is 10.5. The molecule has 5 nitrogen and oxygen atoms in total. The summed E-state index contributed by atoms with van der Waals surface area (Å²) < 4.78 is 1.10. The number of anilines is 1. The van der Waals surface area contributed by atoms with Crippen LogP contribution in [0, 0.1) is 6.57 Å². The van der Waals surface area contributed by atoms with E-state index in [1.165, 1.54) is 46.4 Å². The Kier molecular flexibility index (Phi) is 3.44. The lowest BCUT2D eigenvalue weighted by Gasteiger charge is -2.23. The fraction of sp³-hybridized carbons (Fsp3) is 0.174. The van der Waals surface area contributed by atoms with E-state index >= 15 is 0 Å². The van der Waals surface area contributed by atoms with Crippen molar-refractivity contribution in [3.8, 4) is 11.3 Å². The molecule has 29 heavy (non-hydrogen) atoms. The molecule has 140 valence electrons. The number of benzene rings is 2. The highest BCUT2D eigenvalue weighted by molar-refractivity contribution is 7.22. The Morgan fingerprint density at radius 2 is 1.86 bits per heavy atom. The number of nitrogens with one attached hydrogen (secondary N) is 1. The van der Waals surface area contributed by atoms with Gasteiger partial charge in [0.1, 0.15) is 0 Å². The molecular weight excluding hydrogens is 378 g/mol. The van der Waals surface area contributed by atoms with Crippen LogP contribution in [0.1, 0.15) is 24.0 Å². The maximum atomic E-state index is 7.57. The summed E-state index contributed by atoms with van der Waals surface area (Å²) in [5.41, 5.74) is 14.5. The second-order valence-electron chi connectivity index (χ2n) is 7.54. The third kappa shape index (κ3) is 2.38. The predicted octanol–water partition coefficient (Wildman–Crippen LogP) is 6.00. The molecule has 6 rings (SSSR count). The third-order valence-electron chi connectivity index (χ3n) is 5.91. The number of aromatic amines is 1. The van der Waals surface area contributed by atoms with E-state index in [9.17, 15) is 0 Å². The molecule has 0 saturated carbocycles. The Bertz CT molecular complexity index is 1480. The van der Waals surface area contributed by atoms with Gasteiger partial charge in [0.25, 0.3) is 0 Å². The van der Waals surface area contributed by atoms with Crippen molar-refractivity contribution in [2.45, 2.75) is 25.7 Å². The molecule has 2 aromatic carbocycles. The van der Waals surface area contributed by atoms with Gasteiger partial charge >= 0.3 is 0 Å². The van der Waals surface area contributed by atoms with Gasteiger partial charge in [-0.2, -0.15) is 0 Å². The van der Waals surface area contributed by atoms with Gasteiger partial charge in [-0.1, -0.05) is 17.4 Å². The van der Waals surface area contributed by atoms with Crippen LogP contribution in [0.2, 0.25) is 0 Å². The van der Waals surface area contributed by atoms with Crippen LogP contribution >= 0.6 is 11.3 Å². The molecule has 0 aliphatic heterocycles. The van der Waals surface area contributed by atoms with E-state index in [1.54, 1.807) is 6.20 Å². The molecule has 3 N–H and O–H groups in total. The second kappa shape index (κ2) is 6.03. The molecule has 6 heteroatoms. The van der Waals surface area contributed by atoms with Gasteiger partial charge in [0, 0.05) is 28.2 Å². The number of aryl methyl sites for hydroxylation is 1. The molecule has 3 heterocycles. The van der Waals surface area contributed by atoms with Crippen molar-refractivity contribution in [1.82, 2.24) is 15.0 Å². The molecule has 1 aliphatic carbocycles. The van der Waals surface area contributed by atoms with Gasteiger partial charge in [0.05, 0.1) is 22.3 Å². The summed E-state index contributed by atoms with van der Waals surface area (Å²) >= 11 is 1.52. The monoisotopic (exact) mass is 395 g/mol. The van der Waals surface area contributed by atoms with E-state index in [1.807, 2.05) is 12.1 Å². The molecule has 0 radical (unpaired) electrons. The quantitative estimate of drug-likeness (QED) is 0.342. The summed E-state index contributed by atoms with van der Waals surface area (Å²) in [5.74, 6) is 0. The van der Waals surface area contributed by atoms with Crippen molar-refractivity contribution in [2.75, 3.05) is 5.73 Å². The number of rotatable bonds is 1. The van der Waals surface area contributed by atoms with E-state index in [4.69, 9.17) is 12.3 Å². The molecule has 0 unspecified atom stereocenters. The van der Waals surface area contributed by atoms with Crippen molar-refractivity contribution >= 4 is 54.2 Å². The topological polar surface area (TPSA) is 72.0 Å². The molecular formula is C23H17N5S. The van der Waals surface area contributed by atoms with Crippen LogP contribution in [0.25, 0.3) is 48.1 Å². The van der Waals surface area contributed by atoms with Crippen LogP contribution in [0.3, 0.4) is 0 Å². The largest absolute Gasteiger partial charge is 0.375 e. The van der Waals surface area contributed by atoms with Gasteiger partial charge in [0.2, 0.25) is 5.69 Å². The Labute approximate surface area is 171 Å². The first kappa shape index (κ1) is 16.5. The minimum Gasteiger partial charge on any atom is -0.375 e. The number of pyridine rings is 1. The van der Waals surface area contributed by atoms with Crippen LogP contribution in [-0.2, 0) is 12.8 Å². The van der Waals surface area contributed by atoms with Gasteiger partial charge < -0.3 is 10.7 Å². The van der Waals surface area contributed by atoms with Crippen LogP contribution in [0.4, 0.5) is 10.8 Å². The van der Waals surface area contributed by atoms with Gasteiger partial charge in [-0.3, -0.25) is 4.98 Å². The number of H-pyrrole nitrogens is 1. The van der Waals surface area contributed by atoms with Gasteiger partial charge in [-0.15, -0.1) is 0 Å². The van der Waals surface area contributed by atoms with Crippen LogP contribution in [0.15, 0.2) is 36.5 Å². The van der Waals surface area contributed by atoms with Crippen LogP contribution < -0.4 is 5.73 Å². The Balaban J connectivity index is 1.71. The summed E-state index contributed by atoms with van der Waals surface area (Å²) in [6.07, 6.45) is 6.12. The SMILES string of the molecule is [C-]#[N+]c1cnc2ccc3[nH]c(-c4ccc5nc(N)sc5c4)c4c(c3c12)CCCC4. The average Bonchev–Trinajstić information content (AvgIpc) is 3.34. The first-order chi connectivity index (χ1) is 14.2. The Hall–Kier alpha value is -3.43. The highest BCUT2D eigenvalue weighted by Crippen LogP contribution is 2.41. The third-order valence-corrected chi connectivity index (χ3v) is 6.76. The summed E-state index contributed by atoms with van der Waals surface area (Å²) in [6.45, 7) is 7.57. The van der Waals surface area contributed by atoms with E-state index in [0.717, 1.165) is 45.0 Å². The van der Waals surface area contributed by atoms with Gasteiger partial charge in [-0.05, 0) is 66.6 Å². The second-order valence-corrected chi connectivity index (χ2v) is 8.60. The van der Waals surface area contributed by atoms with E-state index in [0.29, 0.717) is 10.8 Å². The van der Waals surface area contributed by atoms with Crippen molar-refractivity contribution in [3.05, 3.63) is 59.1 Å². The minimum absolute atomic E-state index is 0.597. The number of nitrogens with zero attached hydrogens (tertiary/aromatic N) is 3. The maximum Gasteiger partial charge on any atom is 0.214 e. The van der Waals surface area contributed by atoms with Crippen molar-refractivity contribution in [2.24, 2.45) is 0 Å². The first-order valence-electron chi connectivity index (χ1n) is 9.72. The smallest absolute Gasteiger partial charge is 0.214 e. The van der Waals surface area contributed by atoms with Gasteiger partial charge in [0.15, 0.2) is 5.13 Å². The summed E-state index contributed by atoms with van der Waals surface area (Å²) in [5, 5.41) is 2.76. The number of nitrogen functional groups attached to an aromatic ring is 1. The average molecular weight is 395 g/mol. The number of nitrogens with two attached hydrogens (primary N) is 1. The fourth-order valence-electron chi connectivity index (χ4n) is 4.67. The molecule has 0 fully saturated rings. The number of thiazole rings is 1. The molecule has 3 aromatic heterocycles. The zero-order chi connectivity index (χ0) is 19.5. The highest BCUT2D eigenvalue weighted by atomic mass is 32.1. The standard InChI is InChI=1S/C23H17N5S/c1-25-18-11-26-16-8-9-17-20(21(16)18)13-4-2-3-5-14(13)22(27-17)12-6-7-15-19(10-12)29-23(24)28-15/h6-11,27H,2-5H2,(H2,24,28). The lowest BCUT2D eigenvalue weighted by Crippen LogP contribution is -2.07. The van der Waals surface area contributed by atoms with E-state index < -0.39 is 0 Å². The van der Waals surface area contributed by atoms with E-state index in [-0.39, 0.29) is 0 Å². The number of hydrogen-bond donors (Lipinski definition) is 2. The molecule has 0 saturated heterocycles. The summed E-state index contributed by atoms with van der Waals surface area (Å²) in [4.78, 5) is 16.3. The lowest BCUT2D eigenvalue weighted by atomic mass is 9.85. The molecule has 0 spiro atoms. The van der Waals surface area contributed by atoms with Crippen molar-refractivity contribution < 1.29 is 0 Å². The highest BCUT2D eigenvalue weighted by Gasteiger charge is 2.21. The number of aromatic nitrogens is 3. The van der Waals surface area contributed by atoms with Crippen LogP contribution in [-0.4, -0.2) is 15.0 Å². The maximum absolute atomic E-state index is 7.57. The molecule has 5 aromatic rings. The predicted molar refractivity (Wildman–Crippen MR) is 120 cm³/mol. The zero-order valence-electron chi connectivity index (χ0n) is 15.6. The molecule has 0 atom stereocenters. The lowest BCUT2D eigenvalue weighted by molar-refractivity contribution is 0.689. The molecule has 0 bridgehead atoms. The van der Waals surface area contributed by atoms with E-state index in [2.05, 4.69) is 38.0 Å². The number of hydrogen-bond acceptors (Lipinski definition) is 4. The zero-order valence-corrected chi connectivity index (χ0v) is 16.4. The summed E-state index contributed by atoms with van der Waals surface area (Å²) in [7, 11) is 0. The minimum atomic E-state index is 0.597. The van der Waals surface area contributed by atoms with Crippen LogP contribution in [0.5, 0.6) is 0 Å².